The van der Waals surface area contributed by atoms with Gasteiger partial charge in [0, 0.05) is 36.6 Å². The quantitative estimate of drug-likeness (QED) is 0.909. The van der Waals surface area contributed by atoms with Crippen LogP contribution in [-0.4, -0.2) is 51.8 Å². The van der Waals surface area contributed by atoms with Gasteiger partial charge in [-0.25, -0.2) is 4.79 Å². The number of ether oxygens (including phenoxy) is 2. The zero-order valence-corrected chi connectivity index (χ0v) is 15.2. The number of rotatable bonds is 4. The number of nitrogens with zero attached hydrogens (tertiary/aromatic N) is 2. The van der Waals surface area contributed by atoms with Crippen LogP contribution in [0.2, 0.25) is 0 Å². The van der Waals surface area contributed by atoms with Gasteiger partial charge in [-0.3, -0.25) is 9.88 Å². The van der Waals surface area contributed by atoms with Crippen LogP contribution >= 0.6 is 0 Å². The van der Waals surface area contributed by atoms with E-state index in [1.807, 2.05) is 32.9 Å². The molecule has 0 radical (unpaired) electrons. The average Bonchev–Trinajstić information content (AvgIpc) is 2.88. The van der Waals surface area contributed by atoms with E-state index in [1.54, 1.807) is 12.4 Å². The molecule has 25 heavy (non-hydrogen) atoms. The van der Waals surface area contributed by atoms with Crippen molar-refractivity contribution in [2.45, 2.75) is 69.2 Å². The Morgan fingerprint density at radius 3 is 2.60 bits per heavy atom. The molecule has 136 valence electrons. The third kappa shape index (κ3) is 3.19. The molecule has 1 aliphatic heterocycles. The summed E-state index contributed by atoms with van der Waals surface area (Å²) in [7, 11) is 0. The summed E-state index contributed by atoms with van der Waals surface area (Å²) in [6, 6.07) is 3.81. The number of alkyl carbamates (subject to hydrolysis) is 1. The fourth-order valence-corrected chi connectivity index (χ4v) is 4.59. The van der Waals surface area contributed by atoms with Gasteiger partial charge in [0.15, 0.2) is 0 Å². The maximum Gasteiger partial charge on any atom is 0.408 e. The molecule has 1 N–H and O–H groups in total. The molecule has 6 heteroatoms. The second-order valence-corrected chi connectivity index (χ2v) is 8.82. The van der Waals surface area contributed by atoms with Crippen LogP contribution in [0.15, 0.2) is 24.5 Å². The Bertz CT molecular complexity index is 636. The number of nitrogens with one attached hydrogen (secondary N) is 1. The SMILES string of the molecule is CC(C)(C)OC(=O)NC12CC(N3CCC(Oc4ccncc4)C3)(C1)C2. The minimum Gasteiger partial charge on any atom is -0.489 e. The molecule has 1 atom stereocenters. The average molecular weight is 345 g/mol. The van der Waals surface area contributed by atoms with Crippen LogP contribution in [-0.2, 0) is 4.74 Å². The number of pyridine rings is 1. The van der Waals surface area contributed by atoms with Crippen molar-refractivity contribution in [3.05, 3.63) is 24.5 Å². The van der Waals surface area contributed by atoms with Crippen molar-refractivity contribution in [3.8, 4) is 5.75 Å². The van der Waals surface area contributed by atoms with Gasteiger partial charge >= 0.3 is 6.09 Å². The third-order valence-corrected chi connectivity index (χ3v) is 5.54. The lowest BCUT2D eigenvalue weighted by Crippen LogP contribution is -2.83. The Balaban J connectivity index is 1.26. The second-order valence-electron chi connectivity index (χ2n) is 8.82. The Labute approximate surface area is 148 Å². The standard InChI is InChI=1S/C19H27N3O3/c1-17(2,3)25-16(23)21-18-11-19(12-18,13-18)22-9-6-15(10-22)24-14-4-7-20-8-5-14/h4-5,7-8,15H,6,9-13H2,1-3H3,(H,21,23). The predicted octanol–water partition coefficient (Wildman–Crippen LogP) is 2.73. The molecule has 3 saturated carbocycles. The van der Waals surface area contributed by atoms with Crippen molar-refractivity contribution in [1.29, 1.82) is 0 Å². The second kappa shape index (κ2) is 5.59. The van der Waals surface area contributed by atoms with Crippen molar-refractivity contribution in [3.63, 3.8) is 0 Å². The number of hydrogen-bond donors (Lipinski definition) is 1. The van der Waals surface area contributed by atoms with Crippen molar-refractivity contribution in [2.75, 3.05) is 13.1 Å². The zero-order valence-electron chi connectivity index (χ0n) is 15.2. The number of hydrogen-bond acceptors (Lipinski definition) is 5. The number of carbonyl (C=O) groups excluding carboxylic acids is 1. The summed E-state index contributed by atoms with van der Waals surface area (Å²) in [4.78, 5) is 18.6. The fraction of sp³-hybridized carbons (Fsp3) is 0.684. The molecule has 2 bridgehead atoms. The van der Waals surface area contributed by atoms with Crippen LogP contribution in [0, 0.1) is 0 Å². The monoisotopic (exact) mass is 345 g/mol. The highest BCUT2D eigenvalue weighted by atomic mass is 16.6. The third-order valence-electron chi connectivity index (χ3n) is 5.54. The van der Waals surface area contributed by atoms with E-state index in [9.17, 15) is 4.79 Å². The first kappa shape index (κ1) is 16.6. The van der Waals surface area contributed by atoms with E-state index in [1.165, 1.54) is 0 Å². The van der Waals surface area contributed by atoms with Gasteiger partial charge in [0.05, 0.1) is 0 Å². The highest BCUT2D eigenvalue weighted by Crippen LogP contribution is 2.64. The summed E-state index contributed by atoms with van der Waals surface area (Å²) in [5.74, 6) is 0.891. The van der Waals surface area contributed by atoms with E-state index in [0.29, 0.717) is 0 Å². The largest absolute Gasteiger partial charge is 0.489 e. The Hall–Kier alpha value is -1.82. The highest BCUT2D eigenvalue weighted by Gasteiger charge is 2.71. The summed E-state index contributed by atoms with van der Waals surface area (Å²) in [5, 5.41) is 3.09. The maximum absolute atomic E-state index is 12.0. The van der Waals surface area contributed by atoms with E-state index in [-0.39, 0.29) is 23.3 Å². The van der Waals surface area contributed by atoms with Crippen LogP contribution in [0.5, 0.6) is 5.75 Å². The van der Waals surface area contributed by atoms with Gasteiger partial charge in [-0.2, -0.15) is 0 Å². The van der Waals surface area contributed by atoms with Gasteiger partial charge in [0.2, 0.25) is 0 Å². The Morgan fingerprint density at radius 2 is 1.96 bits per heavy atom. The molecule has 1 aromatic rings. The van der Waals surface area contributed by atoms with Crippen LogP contribution in [0.4, 0.5) is 4.79 Å². The summed E-state index contributed by atoms with van der Waals surface area (Å²) in [6.45, 7) is 7.71. The van der Waals surface area contributed by atoms with Crippen LogP contribution in [0.25, 0.3) is 0 Å². The van der Waals surface area contributed by atoms with Crippen LogP contribution in [0.1, 0.15) is 46.5 Å². The predicted molar refractivity (Wildman–Crippen MR) is 93.5 cm³/mol. The molecule has 1 aromatic heterocycles. The van der Waals surface area contributed by atoms with E-state index >= 15 is 0 Å². The van der Waals surface area contributed by atoms with Gasteiger partial charge in [-0.1, -0.05) is 0 Å². The van der Waals surface area contributed by atoms with E-state index in [4.69, 9.17) is 9.47 Å². The molecular weight excluding hydrogens is 318 g/mol. The molecule has 5 rings (SSSR count). The summed E-state index contributed by atoms with van der Waals surface area (Å²) < 4.78 is 11.4. The molecule has 2 heterocycles. The van der Waals surface area contributed by atoms with Crippen molar-refractivity contribution in [1.82, 2.24) is 15.2 Å². The minimum atomic E-state index is -0.447. The molecule has 4 fully saturated rings. The van der Waals surface area contributed by atoms with Crippen molar-refractivity contribution in [2.24, 2.45) is 0 Å². The number of aromatic nitrogens is 1. The molecule has 1 unspecified atom stereocenters. The first-order valence-electron chi connectivity index (χ1n) is 9.11. The molecular formula is C19H27N3O3. The first-order valence-corrected chi connectivity index (χ1v) is 9.11. The molecule has 6 nitrogen and oxygen atoms in total. The van der Waals surface area contributed by atoms with Gasteiger partial charge in [0.25, 0.3) is 0 Å². The summed E-state index contributed by atoms with van der Waals surface area (Å²) >= 11 is 0. The van der Waals surface area contributed by atoms with E-state index in [2.05, 4.69) is 15.2 Å². The molecule has 1 amide bonds. The summed E-state index contributed by atoms with van der Waals surface area (Å²) in [6.07, 6.45) is 7.61. The van der Waals surface area contributed by atoms with Gasteiger partial charge in [-0.05, 0) is 58.6 Å². The van der Waals surface area contributed by atoms with Crippen molar-refractivity contribution >= 4 is 6.09 Å². The first-order chi connectivity index (χ1) is 11.8. The van der Waals surface area contributed by atoms with Crippen LogP contribution in [0.3, 0.4) is 0 Å². The number of likely N-dealkylation sites (tertiary alicyclic amines) is 1. The molecule has 1 saturated heterocycles. The van der Waals surface area contributed by atoms with Crippen molar-refractivity contribution < 1.29 is 14.3 Å². The summed E-state index contributed by atoms with van der Waals surface area (Å²) in [5.41, 5.74) is -0.213. The van der Waals surface area contributed by atoms with Gasteiger partial charge in [0.1, 0.15) is 17.5 Å². The molecule has 3 aliphatic carbocycles. The Morgan fingerprint density at radius 1 is 1.28 bits per heavy atom. The minimum absolute atomic E-state index is 0.0353. The highest BCUT2D eigenvalue weighted by molar-refractivity contribution is 5.70. The van der Waals surface area contributed by atoms with Gasteiger partial charge in [-0.15, -0.1) is 0 Å². The molecule has 0 spiro atoms. The Kier molecular flexibility index (Phi) is 3.72. The number of amides is 1. The molecule has 0 aromatic carbocycles. The lowest BCUT2D eigenvalue weighted by Gasteiger charge is -2.73. The zero-order chi connectivity index (χ0) is 17.7. The fourth-order valence-electron chi connectivity index (χ4n) is 4.59. The lowest BCUT2D eigenvalue weighted by atomic mass is 9.43. The van der Waals surface area contributed by atoms with Crippen LogP contribution < -0.4 is 10.1 Å². The normalized spacial score (nSPS) is 34.0. The lowest BCUT2D eigenvalue weighted by molar-refractivity contribution is -0.171. The maximum atomic E-state index is 12.0. The molecule has 4 aliphatic rings. The number of carbonyl (C=O) groups is 1. The van der Waals surface area contributed by atoms with E-state index in [0.717, 1.165) is 44.5 Å². The van der Waals surface area contributed by atoms with E-state index < -0.39 is 5.60 Å². The smallest absolute Gasteiger partial charge is 0.408 e. The van der Waals surface area contributed by atoms with Gasteiger partial charge < -0.3 is 14.8 Å². The topological polar surface area (TPSA) is 63.7 Å².